The minimum absolute atomic E-state index is 0.288. The first-order valence-corrected chi connectivity index (χ1v) is 8.96. The molecule has 0 spiro atoms. The van der Waals surface area contributed by atoms with Crippen molar-refractivity contribution >= 4 is 5.91 Å². The first kappa shape index (κ1) is 16.7. The highest BCUT2D eigenvalue weighted by atomic mass is 16.2. The van der Waals surface area contributed by atoms with Gasteiger partial charge in [-0.1, -0.05) is 29.8 Å². The fourth-order valence-corrected chi connectivity index (χ4v) is 3.39. The predicted molar refractivity (Wildman–Crippen MR) is 95.9 cm³/mol. The van der Waals surface area contributed by atoms with Gasteiger partial charge >= 0.3 is 0 Å². The van der Waals surface area contributed by atoms with E-state index in [4.69, 9.17) is 0 Å². The Labute approximate surface area is 144 Å². The summed E-state index contributed by atoms with van der Waals surface area (Å²) in [7, 11) is 0. The van der Waals surface area contributed by atoms with Crippen LogP contribution in [0.1, 0.15) is 48.4 Å². The second-order valence-corrected chi connectivity index (χ2v) is 6.97. The molecule has 3 rings (SSSR count). The highest BCUT2D eigenvalue weighted by molar-refractivity contribution is 5.76. The van der Waals surface area contributed by atoms with Crippen molar-refractivity contribution in [3.8, 4) is 0 Å². The molecule has 0 N–H and O–H groups in total. The average Bonchev–Trinajstić information content (AvgIpc) is 3.03. The summed E-state index contributed by atoms with van der Waals surface area (Å²) in [5.74, 6) is 0.288. The quantitative estimate of drug-likeness (QED) is 0.841. The molecule has 1 atom stereocenters. The van der Waals surface area contributed by atoms with Crippen LogP contribution in [0.15, 0.2) is 36.7 Å². The van der Waals surface area contributed by atoms with Crippen LogP contribution in [0.2, 0.25) is 0 Å². The molecule has 2 aromatic rings. The van der Waals surface area contributed by atoms with E-state index in [2.05, 4.69) is 49.4 Å². The largest absolute Gasteiger partial charge is 0.341 e. The minimum Gasteiger partial charge on any atom is -0.341 e. The summed E-state index contributed by atoms with van der Waals surface area (Å²) in [6.07, 6.45) is 8.67. The Hall–Kier alpha value is -2.10. The molecule has 0 aliphatic carbocycles. The number of benzene rings is 1. The van der Waals surface area contributed by atoms with E-state index in [0.29, 0.717) is 12.5 Å². The van der Waals surface area contributed by atoms with Gasteiger partial charge < -0.3 is 4.90 Å². The Kier molecular flexibility index (Phi) is 5.34. The average molecular weight is 325 g/mol. The smallest absolute Gasteiger partial charge is 0.222 e. The molecule has 1 saturated heterocycles. The Bertz CT molecular complexity index is 674. The van der Waals surface area contributed by atoms with Gasteiger partial charge in [0.25, 0.3) is 0 Å². The minimum atomic E-state index is 0.288. The second kappa shape index (κ2) is 7.65. The maximum Gasteiger partial charge on any atom is 0.222 e. The molecule has 4 heteroatoms. The number of amides is 1. The van der Waals surface area contributed by atoms with E-state index >= 15 is 0 Å². The summed E-state index contributed by atoms with van der Waals surface area (Å²) >= 11 is 0. The third-order valence-corrected chi connectivity index (χ3v) is 4.83. The molecule has 4 nitrogen and oxygen atoms in total. The van der Waals surface area contributed by atoms with Gasteiger partial charge in [0.05, 0.1) is 12.2 Å². The Morgan fingerprint density at radius 3 is 2.71 bits per heavy atom. The predicted octanol–water partition coefficient (Wildman–Crippen LogP) is 3.69. The van der Waals surface area contributed by atoms with Crippen LogP contribution < -0.4 is 0 Å². The number of carbonyl (C=O) groups is 1. The molecule has 128 valence electrons. The van der Waals surface area contributed by atoms with E-state index in [1.165, 1.54) is 16.7 Å². The molecule has 1 aliphatic heterocycles. The zero-order chi connectivity index (χ0) is 16.9. The van der Waals surface area contributed by atoms with Gasteiger partial charge in [0.15, 0.2) is 0 Å². The molecule has 0 radical (unpaired) electrons. The highest BCUT2D eigenvalue weighted by Gasteiger charge is 2.24. The number of carbonyl (C=O) groups excluding carboxylic acids is 1. The van der Waals surface area contributed by atoms with Crippen molar-refractivity contribution in [1.82, 2.24) is 14.7 Å². The molecule has 1 aromatic heterocycles. The van der Waals surface area contributed by atoms with Crippen LogP contribution in [0.4, 0.5) is 0 Å². The van der Waals surface area contributed by atoms with Gasteiger partial charge in [-0.15, -0.1) is 0 Å². The molecule has 1 unspecified atom stereocenters. The van der Waals surface area contributed by atoms with Gasteiger partial charge in [0, 0.05) is 25.7 Å². The number of hydrogen-bond donors (Lipinski definition) is 0. The standard InChI is InChI=1S/C20H27N3O/c1-16-8-10-18(11-9-16)5-3-7-20(24)22-12-4-6-19(15-22)23-14-17(2)13-21-23/h8-11,13-14,19H,3-7,12,15H2,1-2H3. The third-order valence-electron chi connectivity index (χ3n) is 4.83. The van der Waals surface area contributed by atoms with Crippen LogP contribution in [-0.4, -0.2) is 33.7 Å². The van der Waals surface area contributed by atoms with E-state index in [9.17, 15) is 4.79 Å². The number of aryl methyl sites for hydroxylation is 3. The Balaban J connectivity index is 1.48. The third kappa shape index (κ3) is 4.25. The van der Waals surface area contributed by atoms with Crippen molar-refractivity contribution in [1.29, 1.82) is 0 Å². The molecular formula is C20H27N3O. The van der Waals surface area contributed by atoms with Gasteiger partial charge in [0.2, 0.25) is 5.91 Å². The normalized spacial score (nSPS) is 17.9. The fraction of sp³-hybridized carbons (Fsp3) is 0.500. The van der Waals surface area contributed by atoms with Gasteiger partial charge in [-0.2, -0.15) is 5.10 Å². The molecule has 1 amide bonds. The first-order chi connectivity index (χ1) is 11.6. The van der Waals surface area contributed by atoms with Crippen molar-refractivity contribution < 1.29 is 4.79 Å². The van der Waals surface area contributed by atoms with E-state index in [1.807, 2.05) is 15.8 Å². The summed E-state index contributed by atoms with van der Waals surface area (Å²) in [6.45, 7) is 5.84. The van der Waals surface area contributed by atoms with Gasteiger partial charge in [-0.25, -0.2) is 0 Å². The van der Waals surface area contributed by atoms with E-state index in [0.717, 1.165) is 38.8 Å². The van der Waals surface area contributed by atoms with Crippen LogP contribution in [-0.2, 0) is 11.2 Å². The number of likely N-dealkylation sites (tertiary alicyclic amines) is 1. The van der Waals surface area contributed by atoms with E-state index < -0.39 is 0 Å². The molecule has 1 aliphatic rings. The number of nitrogens with zero attached hydrogens (tertiary/aromatic N) is 3. The molecular weight excluding hydrogens is 298 g/mol. The molecule has 1 fully saturated rings. The van der Waals surface area contributed by atoms with Crippen LogP contribution >= 0.6 is 0 Å². The number of aromatic nitrogens is 2. The summed E-state index contributed by atoms with van der Waals surface area (Å²) in [6, 6.07) is 8.93. The maximum atomic E-state index is 12.5. The summed E-state index contributed by atoms with van der Waals surface area (Å²) in [5.41, 5.74) is 3.77. The topological polar surface area (TPSA) is 38.1 Å². The van der Waals surface area contributed by atoms with Crippen molar-refractivity contribution in [2.75, 3.05) is 13.1 Å². The van der Waals surface area contributed by atoms with Crippen molar-refractivity contribution in [3.05, 3.63) is 53.3 Å². The van der Waals surface area contributed by atoms with Crippen LogP contribution in [0.25, 0.3) is 0 Å². The molecule has 2 heterocycles. The van der Waals surface area contributed by atoms with Crippen LogP contribution in [0.3, 0.4) is 0 Å². The monoisotopic (exact) mass is 325 g/mol. The lowest BCUT2D eigenvalue weighted by atomic mass is 10.0. The lowest BCUT2D eigenvalue weighted by molar-refractivity contribution is -0.133. The molecule has 0 bridgehead atoms. The zero-order valence-corrected chi connectivity index (χ0v) is 14.7. The first-order valence-electron chi connectivity index (χ1n) is 8.96. The van der Waals surface area contributed by atoms with Crippen LogP contribution in [0.5, 0.6) is 0 Å². The highest BCUT2D eigenvalue weighted by Crippen LogP contribution is 2.22. The number of piperidine rings is 1. The molecule has 1 aromatic carbocycles. The van der Waals surface area contributed by atoms with Crippen molar-refractivity contribution in [2.24, 2.45) is 0 Å². The van der Waals surface area contributed by atoms with Gasteiger partial charge in [0.1, 0.15) is 0 Å². The summed E-state index contributed by atoms with van der Waals surface area (Å²) in [4.78, 5) is 14.5. The van der Waals surface area contributed by atoms with Gasteiger partial charge in [-0.05, 0) is 50.7 Å². The summed E-state index contributed by atoms with van der Waals surface area (Å²) in [5, 5.41) is 4.42. The Morgan fingerprint density at radius 2 is 2.00 bits per heavy atom. The fourth-order valence-electron chi connectivity index (χ4n) is 3.39. The van der Waals surface area contributed by atoms with E-state index in [1.54, 1.807) is 0 Å². The lowest BCUT2D eigenvalue weighted by Crippen LogP contribution is -2.40. The van der Waals surface area contributed by atoms with Crippen LogP contribution in [0, 0.1) is 13.8 Å². The zero-order valence-electron chi connectivity index (χ0n) is 14.7. The summed E-state index contributed by atoms with van der Waals surface area (Å²) < 4.78 is 2.03. The van der Waals surface area contributed by atoms with E-state index in [-0.39, 0.29) is 5.91 Å². The number of rotatable bonds is 5. The lowest BCUT2D eigenvalue weighted by Gasteiger charge is -2.33. The van der Waals surface area contributed by atoms with Crippen molar-refractivity contribution in [3.63, 3.8) is 0 Å². The maximum absolute atomic E-state index is 12.5. The molecule has 0 saturated carbocycles. The molecule has 24 heavy (non-hydrogen) atoms. The Morgan fingerprint density at radius 1 is 1.21 bits per heavy atom. The van der Waals surface area contributed by atoms with Gasteiger partial charge in [-0.3, -0.25) is 9.48 Å². The second-order valence-electron chi connectivity index (χ2n) is 6.97. The SMILES string of the molecule is Cc1ccc(CCCC(=O)N2CCCC(n3cc(C)cn3)C2)cc1. The van der Waals surface area contributed by atoms with Crippen molar-refractivity contribution in [2.45, 2.75) is 52.0 Å². The number of hydrogen-bond acceptors (Lipinski definition) is 2.